The van der Waals surface area contributed by atoms with E-state index in [1.165, 1.54) is 71.3 Å². The number of carbonyl (C=O) groups excluding carboxylic acids is 4. The average Bonchev–Trinajstić information content (AvgIpc) is 3.82. The van der Waals surface area contributed by atoms with Crippen LogP contribution in [-0.4, -0.2) is 69.0 Å². The summed E-state index contributed by atoms with van der Waals surface area (Å²) in [6.45, 7) is 13.0. The maximum atomic E-state index is 12.3. The molecule has 0 bridgehead atoms. The molecule has 55 heavy (non-hydrogen) atoms. The minimum absolute atomic E-state index is 0.00558. The number of hydrogen-bond donors (Lipinski definition) is 1. The molecular weight excluding hydrogens is 706 g/mol. The monoisotopic (exact) mass is 773 g/mol. The van der Waals surface area contributed by atoms with Crippen molar-refractivity contribution in [3.05, 3.63) is 23.4 Å². The second-order valence-electron chi connectivity index (χ2n) is 17.1. The van der Waals surface area contributed by atoms with Crippen molar-refractivity contribution in [1.82, 2.24) is 25.6 Å². The van der Waals surface area contributed by atoms with Crippen LogP contribution < -0.4 is 5.32 Å². The van der Waals surface area contributed by atoms with Crippen LogP contribution in [0.25, 0.3) is 0 Å². The molecule has 2 aliphatic carbocycles. The lowest BCUT2D eigenvalue weighted by molar-refractivity contribution is -0.156. The van der Waals surface area contributed by atoms with E-state index in [9.17, 15) is 19.2 Å². The first kappa shape index (κ1) is 45.5. The molecule has 0 unspecified atom stereocenters. The Kier molecular flexibility index (Phi) is 18.8. The lowest BCUT2D eigenvalue weighted by atomic mass is 9.84. The van der Waals surface area contributed by atoms with Gasteiger partial charge >= 0.3 is 17.9 Å². The van der Waals surface area contributed by atoms with Crippen LogP contribution >= 0.6 is 0 Å². The first-order valence-corrected chi connectivity index (χ1v) is 20.6. The minimum Gasteiger partial charge on any atom is -0.460 e. The number of amides is 1. The number of esters is 3. The zero-order chi connectivity index (χ0) is 40.4. The molecule has 0 saturated heterocycles. The van der Waals surface area contributed by atoms with Gasteiger partial charge in [-0.3, -0.25) is 14.4 Å². The van der Waals surface area contributed by atoms with Gasteiger partial charge in [-0.15, -0.1) is 0 Å². The number of nitrogens with zero attached hydrogens (tertiary/aromatic N) is 4. The van der Waals surface area contributed by atoms with Crippen LogP contribution in [0.2, 0.25) is 0 Å². The van der Waals surface area contributed by atoms with E-state index in [0.29, 0.717) is 11.8 Å². The van der Waals surface area contributed by atoms with Gasteiger partial charge in [-0.25, -0.2) is 4.79 Å². The largest absolute Gasteiger partial charge is 0.460 e. The van der Waals surface area contributed by atoms with Crippen molar-refractivity contribution < 1.29 is 42.4 Å². The van der Waals surface area contributed by atoms with Gasteiger partial charge in [0.25, 0.3) is 17.6 Å². The van der Waals surface area contributed by atoms with Gasteiger partial charge in [-0.05, 0) is 78.3 Å². The van der Waals surface area contributed by atoms with Crippen molar-refractivity contribution >= 4 is 23.8 Å². The molecule has 310 valence electrons. The van der Waals surface area contributed by atoms with Crippen LogP contribution in [0.1, 0.15) is 209 Å². The second-order valence-corrected chi connectivity index (χ2v) is 17.1. The molecule has 14 heteroatoms. The Morgan fingerprint density at radius 3 is 1.51 bits per heavy atom. The fourth-order valence-corrected chi connectivity index (χ4v) is 7.34. The van der Waals surface area contributed by atoms with E-state index in [1.54, 1.807) is 6.92 Å². The van der Waals surface area contributed by atoms with Crippen molar-refractivity contribution in [2.75, 3.05) is 13.7 Å². The number of hydrogen-bond acceptors (Lipinski definition) is 13. The van der Waals surface area contributed by atoms with Crippen molar-refractivity contribution in [1.29, 1.82) is 0 Å². The lowest BCUT2D eigenvalue weighted by Gasteiger charge is -2.23. The fraction of sp³-hybridized carbons (Fsp3) is 0.805. The summed E-state index contributed by atoms with van der Waals surface area (Å²) in [7, 11) is 1.51. The van der Waals surface area contributed by atoms with Gasteiger partial charge in [-0.2, -0.15) is 9.97 Å². The van der Waals surface area contributed by atoms with Gasteiger partial charge in [0.15, 0.2) is 0 Å². The Balaban J connectivity index is 0.000000296. The smallest absolute Gasteiger partial charge is 0.379 e. The van der Waals surface area contributed by atoms with Gasteiger partial charge in [0.1, 0.15) is 11.2 Å². The van der Waals surface area contributed by atoms with E-state index in [1.807, 2.05) is 41.5 Å². The standard InChI is InChI=1S/C21H34N2O5.C20H33N3O4/c1-5-26-20(25)18-22-19(28-23-18)16(14-17(24)27-21(2,3)4)13-9-12-15-10-7-6-8-11-15;1-20(2,3)26-16(24)13-15(12-8-11-14-9-6-5-7-10-14)19-22-17(23-27-19)18(25)21-4/h15-16H,5-14H2,1-4H3;14-15H,5-13H2,1-4H3,(H,21,25)/t16-;15-/m11/s1. The molecule has 2 saturated carbocycles. The van der Waals surface area contributed by atoms with Crippen LogP contribution in [0.4, 0.5) is 0 Å². The van der Waals surface area contributed by atoms with E-state index in [-0.39, 0.29) is 54.9 Å². The molecular formula is C41H67N5O9. The van der Waals surface area contributed by atoms with E-state index in [2.05, 4.69) is 25.6 Å². The minimum atomic E-state index is -0.615. The highest BCUT2D eigenvalue weighted by atomic mass is 16.6. The summed E-state index contributed by atoms with van der Waals surface area (Å²) in [5, 5.41) is 9.94. The molecule has 2 aliphatic rings. The fourth-order valence-electron chi connectivity index (χ4n) is 7.34. The molecule has 4 rings (SSSR count). The third-order valence-electron chi connectivity index (χ3n) is 9.92. The molecule has 0 radical (unpaired) electrons. The van der Waals surface area contributed by atoms with Crippen LogP contribution in [0.3, 0.4) is 0 Å². The van der Waals surface area contributed by atoms with Crippen LogP contribution in [0.15, 0.2) is 9.05 Å². The number of aromatic nitrogens is 4. The van der Waals surface area contributed by atoms with Gasteiger partial charge in [-0.1, -0.05) is 95.0 Å². The van der Waals surface area contributed by atoms with Crippen molar-refractivity contribution in [2.45, 2.75) is 187 Å². The number of ether oxygens (including phenoxy) is 3. The molecule has 2 aromatic rings. The molecule has 14 nitrogen and oxygen atoms in total. The summed E-state index contributed by atoms with van der Waals surface area (Å²) in [4.78, 5) is 56.5. The van der Waals surface area contributed by atoms with E-state index < -0.39 is 23.1 Å². The molecule has 2 atom stereocenters. The van der Waals surface area contributed by atoms with Crippen LogP contribution in [0, 0.1) is 11.8 Å². The van der Waals surface area contributed by atoms with Crippen molar-refractivity contribution in [3.8, 4) is 0 Å². The Bertz CT molecular complexity index is 1460. The quantitative estimate of drug-likeness (QED) is 0.119. The highest BCUT2D eigenvalue weighted by Gasteiger charge is 2.29. The predicted octanol–water partition coefficient (Wildman–Crippen LogP) is 8.81. The Morgan fingerprint density at radius 1 is 0.691 bits per heavy atom. The van der Waals surface area contributed by atoms with Crippen LogP contribution in [0.5, 0.6) is 0 Å². The number of rotatable bonds is 17. The van der Waals surface area contributed by atoms with Crippen molar-refractivity contribution in [2.24, 2.45) is 11.8 Å². The molecule has 2 fully saturated rings. The Morgan fingerprint density at radius 2 is 1.11 bits per heavy atom. The molecule has 1 amide bonds. The first-order valence-electron chi connectivity index (χ1n) is 20.6. The van der Waals surface area contributed by atoms with Gasteiger partial charge in [0, 0.05) is 18.9 Å². The predicted molar refractivity (Wildman–Crippen MR) is 205 cm³/mol. The molecule has 2 aromatic heterocycles. The van der Waals surface area contributed by atoms with E-state index in [0.717, 1.165) is 50.4 Å². The summed E-state index contributed by atoms with van der Waals surface area (Å²) < 4.78 is 26.4. The third kappa shape index (κ3) is 17.7. The summed E-state index contributed by atoms with van der Waals surface area (Å²) in [6, 6.07) is 0. The van der Waals surface area contributed by atoms with Gasteiger partial charge in [0.05, 0.1) is 19.4 Å². The lowest BCUT2D eigenvalue weighted by Crippen LogP contribution is -2.25. The maximum Gasteiger partial charge on any atom is 0.379 e. The average molecular weight is 774 g/mol. The zero-order valence-corrected chi connectivity index (χ0v) is 34.7. The molecule has 0 aromatic carbocycles. The number of carbonyl (C=O) groups is 4. The summed E-state index contributed by atoms with van der Waals surface area (Å²) in [5.74, 6) is 0.00465. The highest BCUT2D eigenvalue weighted by molar-refractivity contribution is 5.89. The molecule has 0 spiro atoms. The maximum absolute atomic E-state index is 12.3. The van der Waals surface area contributed by atoms with Crippen molar-refractivity contribution in [3.63, 3.8) is 0 Å². The Labute approximate surface area is 327 Å². The van der Waals surface area contributed by atoms with Gasteiger partial charge in [0.2, 0.25) is 11.8 Å². The normalized spacial score (nSPS) is 16.7. The number of nitrogens with one attached hydrogen (secondary N) is 1. The molecule has 2 heterocycles. The van der Waals surface area contributed by atoms with Crippen LogP contribution in [-0.2, 0) is 23.8 Å². The SMILES string of the molecule is CCOC(=O)c1noc([C@H](CCCC2CCCCC2)CC(=O)OC(C)(C)C)n1.CNC(=O)c1noc([C@H](CCCC2CCCCC2)CC(=O)OC(C)(C)C)n1. The van der Waals surface area contributed by atoms with Gasteiger partial charge < -0.3 is 28.6 Å². The third-order valence-corrected chi connectivity index (χ3v) is 9.92. The Hall–Kier alpha value is -3.84. The molecule has 0 aliphatic heterocycles. The zero-order valence-electron chi connectivity index (χ0n) is 34.7. The molecule has 1 N–H and O–H groups in total. The summed E-state index contributed by atoms with van der Waals surface area (Å²) >= 11 is 0. The topological polar surface area (TPSA) is 186 Å². The highest BCUT2D eigenvalue weighted by Crippen LogP contribution is 2.33. The summed E-state index contributed by atoms with van der Waals surface area (Å²) in [6.07, 6.45) is 19.3. The van der Waals surface area contributed by atoms with E-state index in [4.69, 9.17) is 23.3 Å². The first-order chi connectivity index (χ1) is 26.1. The second kappa shape index (κ2) is 22.6. The summed E-state index contributed by atoms with van der Waals surface area (Å²) in [5.41, 5.74) is -1.08. The van der Waals surface area contributed by atoms with E-state index >= 15 is 0 Å².